The normalized spacial score (nSPS) is 19.2. The summed E-state index contributed by atoms with van der Waals surface area (Å²) in [4.78, 5) is 24.8. The van der Waals surface area contributed by atoms with Crippen molar-refractivity contribution < 1.29 is 18.4 Å². The Labute approximate surface area is 120 Å². The summed E-state index contributed by atoms with van der Waals surface area (Å²) in [5.74, 6) is -2.54. The summed E-state index contributed by atoms with van der Waals surface area (Å²) in [6.45, 7) is 1.41. The van der Waals surface area contributed by atoms with E-state index in [0.717, 1.165) is 18.2 Å². The molecule has 1 heterocycles. The van der Waals surface area contributed by atoms with Crippen molar-refractivity contribution in [3.05, 3.63) is 29.8 Å². The molecule has 0 radical (unpaired) electrons. The summed E-state index contributed by atoms with van der Waals surface area (Å²) in [7, 11) is 0. The number of nitrogens with one attached hydrogen (secondary N) is 2. The van der Waals surface area contributed by atoms with Crippen LogP contribution in [0.15, 0.2) is 18.2 Å². The second-order valence-electron chi connectivity index (χ2n) is 4.80. The van der Waals surface area contributed by atoms with Crippen LogP contribution in [0.25, 0.3) is 0 Å². The zero-order valence-electron chi connectivity index (χ0n) is 11.2. The van der Waals surface area contributed by atoms with E-state index in [4.69, 9.17) is 5.73 Å². The van der Waals surface area contributed by atoms with Crippen molar-refractivity contribution in [2.75, 3.05) is 31.5 Å². The minimum Gasteiger partial charge on any atom is -0.368 e. The lowest BCUT2D eigenvalue weighted by Gasteiger charge is -2.33. The van der Waals surface area contributed by atoms with Crippen LogP contribution in [-0.2, 0) is 9.59 Å². The molecule has 1 aromatic rings. The predicted octanol–water partition coefficient (Wildman–Crippen LogP) is -0.338. The minimum absolute atomic E-state index is 0.0308. The van der Waals surface area contributed by atoms with Crippen molar-refractivity contribution in [2.45, 2.75) is 6.04 Å². The Hall–Kier alpha value is -2.06. The second kappa shape index (κ2) is 6.59. The quantitative estimate of drug-likeness (QED) is 0.710. The van der Waals surface area contributed by atoms with Crippen molar-refractivity contribution in [3.63, 3.8) is 0 Å². The van der Waals surface area contributed by atoms with Gasteiger partial charge in [-0.2, -0.15) is 0 Å². The van der Waals surface area contributed by atoms with Crippen LogP contribution in [0.1, 0.15) is 0 Å². The largest absolute Gasteiger partial charge is 0.368 e. The second-order valence-corrected chi connectivity index (χ2v) is 4.80. The topological polar surface area (TPSA) is 87.5 Å². The third kappa shape index (κ3) is 4.20. The van der Waals surface area contributed by atoms with Crippen LogP contribution in [0, 0.1) is 11.6 Å². The van der Waals surface area contributed by atoms with Crippen LogP contribution >= 0.6 is 0 Å². The van der Waals surface area contributed by atoms with Crippen molar-refractivity contribution in [3.8, 4) is 0 Å². The van der Waals surface area contributed by atoms with E-state index in [-0.39, 0.29) is 12.2 Å². The van der Waals surface area contributed by atoms with E-state index in [1.807, 2.05) is 0 Å². The zero-order chi connectivity index (χ0) is 15.4. The van der Waals surface area contributed by atoms with E-state index < -0.39 is 29.5 Å². The Kier molecular flexibility index (Phi) is 4.81. The average molecular weight is 298 g/mol. The first-order chi connectivity index (χ1) is 9.95. The molecule has 0 aliphatic carbocycles. The van der Waals surface area contributed by atoms with Crippen molar-refractivity contribution in [2.24, 2.45) is 5.73 Å². The molecule has 114 valence electrons. The lowest BCUT2D eigenvalue weighted by molar-refractivity contribution is -0.125. The highest BCUT2D eigenvalue weighted by Crippen LogP contribution is 2.13. The molecule has 6 nitrogen and oxygen atoms in total. The van der Waals surface area contributed by atoms with Gasteiger partial charge in [0, 0.05) is 31.4 Å². The number of halogens is 2. The summed E-state index contributed by atoms with van der Waals surface area (Å²) in [5, 5.41) is 5.41. The number of primary amides is 1. The van der Waals surface area contributed by atoms with E-state index in [2.05, 4.69) is 10.6 Å². The van der Waals surface area contributed by atoms with Gasteiger partial charge in [-0.05, 0) is 12.1 Å². The Morgan fingerprint density at radius 2 is 2.00 bits per heavy atom. The Morgan fingerprint density at radius 3 is 2.62 bits per heavy atom. The monoisotopic (exact) mass is 298 g/mol. The number of hydrogen-bond acceptors (Lipinski definition) is 4. The van der Waals surface area contributed by atoms with Gasteiger partial charge in [0.2, 0.25) is 11.8 Å². The van der Waals surface area contributed by atoms with Crippen LogP contribution in [0.3, 0.4) is 0 Å². The number of piperazine rings is 1. The van der Waals surface area contributed by atoms with Gasteiger partial charge < -0.3 is 16.4 Å². The molecule has 8 heteroatoms. The van der Waals surface area contributed by atoms with Gasteiger partial charge in [-0.25, -0.2) is 8.78 Å². The molecule has 1 aliphatic heterocycles. The minimum atomic E-state index is -0.775. The standard InChI is InChI=1S/C13H16F2N4O2/c14-8-3-9(15)5-10(4-8)18-12(20)7-19-2-1-17-6-11(19)13(16)21/h3-5,11,17H,1-2,6-7H2,(H2,16,21)(H,18,20). The summed E-state index contributed by atoms with van der Waals surface area (Å²) >= 11 is 0. The number of carbonyl (C=O) groups is 2. The maximum Gasteiger partial charge on any atom is 0.238 e. The first-order valence-electron chi connectivity index (χ1n) is 6.46. The summed E-state index contributed by atoms with van der Waals surface area (Å²) in [5.41, 5.74) is 5.30. The van der Waals surface area contributed by atoms with E-state index in [0.29, 0.717) is 19.6 Å². The van der Waals surface area contributed by atoms with Crippen molar-refractivity contribution >= 4 is 17.5 Å². The van der Waals surface area contributed by atoms with Gasteiger partial charge in [0.15, 0.2) is 0 Å². The van der Waals surface area contributed by atoms with E-state index in [1.165, 1.54) is 0 Å². The number of anilines is 1. The first-order valence-corrected chi connectivity index (χ1v) is 6.46. The molecule has 1 fully saturated rings. The Morgan fingerprint density at radius 1 is 1.33 bits per heavy atom. The number of benzene rings is 1. The van der Waals surface area contributed by atoms with Crippen molar-refractivity contribution in [1.29, 1.82) is 0 Å². The molecule has 2 rings (SSSR count). The predicted molar refractivity (Wildman–Crippen MR) is 72.4 cm³/mol. The van der Waals surface area contributed by atoms with Gasteiger partial charge >= 0.3 is 0 Å². The molecule has 21 heavy (non-hydrogen) atoms. The maximum absolute atomic E-state index is 13.0. The number of nitrogens with zero attached hydrogens (tertiary/aromatic N) is 1. The van der Waals surface area contributed by atoms with Crippen LogP contribution in [0.5, 0.6) is 0 Å². The smallest absolute Gasteiger partial charge is 0.238 e. The Balaban J connectivity index is 1.98. The van der Waals surface area contributed by atoms with Crippen LogP contribution in [0.2, 0.25) is 0 Å². The number of amides is 2. The molecule has 1 atom stereocenters. The first kappa shape index (κ1) is 15.3. The molecule has 2 amide bonds. The molecule has 4 N–H and O–H groups in total. The molecule has 1 aromatic carbocycles. The van der Waals surface area contributed by atoms with Gasteiger partial charge in [0.25, 0.3) is 0 Å². The third-order valence-electron chi connectivity index (χ3n) is 3.18. The fourth-order valence-corrected chi connectivity index (χ4v) is 2.23. The summed E-state index contributed by atoms with van der Waals surface area (Å²) < 4.78 is 26.1. The van der Waals surface area contributed by atoms with Crippen LogP contribution < -0.4 is 16.4 Å². The van der Waals surface area contributed by atoms with Crippen LogP contribution in [-0.4, -0.2) is 48.9 Å². The maximum atomic E-state index is 13.0. The molecular weight excluding hydrogens is 282 g/mol. The number of nitrogens with two attached hydrogens (primary N) is 1. The fraction of sp³-hybridized carbons (Fsp3) is 0.385. The van der Waals surface area contributed by atoms with Gasteiger partial charge in [-0.15, -0.1) is 0 Å². The Bertz CT molecular complexity index is 533. The van der Waals surface area contributed by atoms with E-state index >= 15 is 0 Å². The number of hydrogen-bond donors (Lipinski definition) is 3. The highest BCUT2D eigenvalue weighted by Gasteiger charge is 2.28. The van der Waals surface area contributed by atoms with E-state index in [1.54, 1.807) is 4.90 Å². The van der Waals surface area contributed by atoms with Gasteiger partial charge in [0.05, 0.1) is 6.54 Å². The van der Waals surface area contributed by atoms with Crippen LogP contribution in [0.4, 0.5) is 14.5 Å². The molecule has 1 saturated heterocycles. The highest BCUT2D eigenvalue weighted by molar-refractivity contribution is 5.92. The molecular formula is C13H16F2N4O2. The van der Waals surface area contributed by atoms with Crippen molar-refractivity contribution in [1.82, 2.24) is 10.2 Å². The lowest BCUT2D eigenvalue weighted by atomic mass is 10.2. The summed E-state index contributed by atoms with van der Waals surface area (Å²) in [6.07, 6.45) is 0. The molecule has 0 spiro atoms. The molecule has 0 bridgehead atoms. The van der Waals surface area contributed by atoms with Gasteiger partial charge in [-0.1, -0.05) is 0 Å². The van der Waals surface area contributed by atoms with Gasteiger partial charge in [-0.3, -0.25) is 14.5 Å². The fourth-order valence-electron chi connectivity index (χ4n) is 2.23. The number of carbonyl (C=O) groups excluding carboxylic acids is 2. The average Bonchev–Trinajstić information content (AvgIpc) is 2.37. The molecule has 0 saturated carbocycles. The molecule has 1 aliphatic rings. The summed E-state index contributed by atoms with van der Waals surface area (Å²) in [6, 6.07) is 2.18. The molecule has 1 unspecified atom stereocenters. The third-order valence-corrected chi connectivity index (χ3v) is 3.18. The molecule has 0 aromatic heterocycles. The SMILES string of the molecule is NC(=O)C1CNCCN1CC(=O)Nc1cc(F)cc(F)c1. The van der Waals surface area contributed by atoms with Gasteiger partial charge in [0.1, 0.15) is 17.7 Å². The zero-order valence-corrected chi connectivity index (χ0v) is 11.2. The number of rotatable bonds is 4. The van der Waals surface area contributed by atoms with E-state index in [9.17, 15) is 18.4 Å². The highest BCUT2D eigenvalue weighted by atomic mass is 19.1. The lowest BCUT2D eigenvalue weighted by Crippen LogP contribution is -2.58.